The number of carbonyl (C=O) groups is 2. The van der Waals surface area contributed by atoms with Crippen molar-refractivity contribution in [3.63, 3.8) is 0 Å². The van der Waals surface area contributed by atoms with E-state index in [0.29, 0.717) is 29.9 Å². The van der Waals surface area contributed by atoms with E-state index < -0.39 is 0 Å². The third-order valence-electron chi connectivity index (χ3n) is 5.57. The summed E-state index contributed by atoms with van der Waals surface area (Å²) in [6.07, 6.45) is 1.49. The van der Waals surface area contributed by atoms with E-state index in [-0.39, 0.29) is 11.8 Å². The summed E-state index contributed by atoms with van der Waals surface area (Å²) in [5.74, 6) is -0.0239. The molecule has 0 unspecified atom stereocenters. The van der Waals surface area contributed by atoms with E-state index >= 15 is 0 Å². The number of benzene rings is 2. The van der Waals surface area contributed by atoms with Gasteiger partial charge in [-0.15, -0.1) is 0 Å². The number of rotatable bonds is 5. The van der Waals surface area contributed by atoms with Gasteiger partial charge in [0.25, 0.3) is 5.91 Å². The van der Waals surface area contributed by atoms with Gasteiger partial charge in [0.1, 0.15) is 0 Å². The normalized spacial score (nSPS) is 13.7. The molecule has 3 aromatic rings. The Labute approximate surface area is 176 Å². The summed E-state index contributed by atoms with van der Waals surface area (Å²) in [4.78, 5) is 26.6. The summed E-state index contributed by atoms with van der Waals surface area (Å²) >= 11 is 0. The van der Waals surface area contributed by atoms with Gasteiger partial charge in [0.15, 0.2) is 0 Å². The summed E-state index contributed by atoms with van der Waals surface area (Å²) < 4.78 is 1.87. The minimum absolute atomic E-state index is 0.152. The quantitative estimate of drug-likeness (QED) is 0.694. The van der Waals surface area contributed by atoms with Crippen LogP contribution in [0.2, 0.25) is 0 Å². The highest BCUT2D eigenvalue weighted by atomic mass is 16.2. The van der Waals surface area contributed by atoms with E-state index in [9.17, 15) is 9.59 Å². The van der Waals surface area contributed by atoms with E-state index in [1.54, 1.807) is 4.90 Å². The van der Waals surface area contributed by atoms with E-state index in [4.69, 9.17) is 0 Å². The number of carbonyl (C=O) groups excluding carboxylic acids is 2. The Kier molecular flexibility index (Phi) is 5.40. The molecule has 1 fully saturated rings. The zero-order chi connectivity index (χ0) is 21.3. The molecule has 0 aliphatic carbocycles. The first-order valence-electron chi connectivity index (χ1n) is 10.2. The maximum absolute atomic E-state index is 12.9. The molecule has 0 bridgehead atoms. The molecule has 0 saturated carbocycles. The number of aromatic nitrogens is 2. The van der Waals surface area contributed by atoms with Crippen molar-refractivity contribution in [2.45, 2.75) is 40.2 Å². The molecule has 30 heavy (non-hydrogen) atoms. The first-order chi connectivity index (χ1) is 14.4. The number of amides is 2. The van der Waals surface area contributed by atoms with Gasteiger partial charge in [-0.05, 0) is 57.0 Å². The molecule has 1 aliphatic rings. The van der Waals surface area contributed by atoms with Crippen LogP contribution in [0.3, 0.4) is 0 Å². The Hall–Kier alpha value is -3.41. The number of hydrogen-bond donors (Lipinski definition) is 1. The summed E-state index contributed by atoms with van der Waals surface area (Å²) in [7, 11) is 0. The summed E-state index contributed by atoms with van der Waals surface area (Å²) in [6, 6.07) is 15.7. The fourth-order valence-electron chi connectivity index (χ4n) is 3.89. The molecule has 1 N–H and O–H groups in total. The number of hydrogen-bond acceptors (Lipinski definition) is 3. The number of nitrogens with zero attached hydrogens (tertiary/aromatic N) is 3. The van der Waals surface area contributed by atoms with Gasteiger partial charge in [0, 0.05) is 30.0 Å². The van der Waals surface area contributed by atoms with Crippen LogP contribution in [0.25, 0.3) is 0 Å². The summed E-state index contributed by atoms with van der Waals surface area (Å²) in [5, 5.41) is 7.53. The van der Waals surface area contributed by atoms with Crippen LogP contribution < -0.4 is 10.2 Å². The maximum atomic E-state index is 12.9. The molecule has 6 nitrogen and oxygen atoms in total. The molecule has 1 saturated heterocycles. The lowest BCUT2D eigenvalue weighted by molar-refractivity contribution is -0.117. The van der Waals surface area contributed by atoms with Crippen molar-refractivity contribution in [3.8, 4) is 0 Å². The minimum Gasteiger partial charge on any atom is -0.322 e. The van der Waals surface area contributed by atoms with Gasteiger partial charge < -0.3 is 10.2 Å². The topological polar surface area (TPSA) is 67.2 Å². The number of anilines is 2. The summed E-state index contributed by atoms with van der Waals surface area (Å²) in [5.41, 5.74) is 6.06. The zero-order valence-corrected chi connectivity index (χ0v) is 17.6. The second-order valence-corrected chi connectivity index (χ2v) is 7.84. The van der Waals surface area contributed by atoms with Crippen molar-refractivity contribution < 1.29 is 9.59 Å². The highest BCUT2D eigenvalue weighted by Crippen LogP contribution is 2.24. The molecular weight excluding hydrogens is 376 g/mol. The van der Waals surface area contributed by atoms with Crippen LogP contribution in [-0.4, -0.2) is 28.1 Å². The van der Waals surface area contributed by atoms with Gasteiger partial charge in [-0.3, -0.25) is 14.3 Å². The van der Waals surface area contributed by atoms with Crippen LogP contribution in [0.15, 0.2) is 48.5 Å². The average Bonchev–Trinajstić information content (AvgIpc) is 3.27. The Morgan fingerprint density at radius 3 is 2.37 bits per heavy atom. The molecule has 2 aromatic carbocycles. The van der Waals surface area contributed by atoms with E-state index in [1.807, 2.05) is 42.8 Å². The lowest BCUT2D eigenvalue weighted by atomic mass is 10.1. The Balaban J connectivity index is 1.48. The molecule has 2 heterocycles. The first-order valence-corrected chi connectivity index (χ1v) is 10.2. The van der Waals surface area contributed by atoms with Crippen molar-refractivity contribution in [2.75, 3.05) is 16.8 Å². The second kappa shape index (κ2) is 8.14. The highest BCUT2D eigenvalue weighted by molar-refractivity contribution is 6.06. The zero-order valence-electron chi connectivity index (χ0n) is 17.6. The van der Waals surface area contributed by atoms with Crippen molar-refractivity contribution in [2.24, 2.45) is 0 Å². The van der Waals surface area contributed by atoms with Gasteiger partial charge in [-0.1, -0.05) is 29.8 Å². The monoisotopic (exact) mass is 402 g/mol. The molecule has 0 atom stereocenters. The van der Waals surface area contributed by atoms with Crippen LogP contribution in [0.4, 0.5) is 11.4 Å². The van der Waals surface area contributed by atoms with Crippen LogP contribution in [-0.2, 0) is 11.3 Å². The molecule has 1 aromatic heterocycles. The molecule has 1 aliphatic heterocycles. The minimum atomic E-state index is -0.176. The SMILES string of the molecule is Cc1ccc(Cn2nc(C)c(C(=O)Nc3ccc(N4CCCC4=O)cc3)c2C)cc1. The standard InChI is InChI=1S/C24H26N4O2/c1-16-6-8-19(9-7-16)15-28-18(3)23(17(2)26-28)24(30)25-20-10-12-21(13-11-20)27-14-4-5-22(27)29/h6-13H,4-5,14-15H2,1-3H3,(H,25,30). The molecular formula is C24H26N4O2. The van der Waals surface area contributed by atoms with E-state index in [2.05, 4.69) is 41.6 Å². The van der Waals surface area contributed by atoms with Gasteiger partial charge in [-0.2, -0.15) is 5.10 Å². The lowest BCUT2D eigenvalue weighted by Gasteiger charge is -2.16. The Morgan fingerprint density at radius 2 is 1.73 bits per heavy atom. The van der Waals surface area contributed by atoms with Gasteiger partial charge in [0.05, 0.1) is 17.8 Å². The van der Waals surface area contributed by atoms with Gasteiger partial charge in [-0.25, -0.2) is 0 Å². The molecule has 0 radical (unpaired) electrons. The van der Waals surface area contributed by atoms with Crippen LogP contribution in [0.1, 0.15) is 45.7 Å². The van der Waals surface area contributed by atoms with Crippen LogP contribution in [0, 0.1) is 20.8 Å². The fourth-order valence-corrected chi connectivity index (χ4v) is 3.89. The van der Waals surface area contributed by atoms with Gasteiger partial charge in [0.2, 0.25) is 5.91 Å². The lowest BCUT2D eigenvalue weighted by Crippen LogP contribution is -2.23. The third-order valence-corrected chi connectivity index (χ3v) is 5.57. The van der Waals surface area contributed by atoms with Crippen molar-refractivity contribution in [1.29, 1.82) is 0 Å². The Bertz CT molecular complexity index is 1080. The third kappa shape index (κ3) is 3.99. The summed E-state index contributed by atoms with van der Waals surface area (Å²) in [6.45, 7) is 7.22. The highest BCUT2D eigenvalue weighted by Gasteiger charge is 2.22. The maximum Gasteiger partial charge on any atom is 0.259 e. The second-order valence-electron chi connectivity index (χ2n) is 7.84. The molecule has 2 amide bonds. The van der Waals surface area contributed by atoms with E-state index in [1.165, 1.54) is 5.56 Å². The van der Waals surface area contributed by atoms with Crippen molar-refractivity contribution in [3.05, 3.63) is 76.6 Å². The van der Waals surface area contributed by atoms with Gasteiger partial charge >= 0.3 is 0 Å². The average molecular weight is 402 g/mol. The Morgan fingerprint density at radius 1 is 1.03 bits per heavy atom. The molecule has 6 heteroatoms. The van der Waals surface area contributed by atoms with Crippen LogP contribution in [0.5, 0.6) is 0 Å². The van der Waals surface area contributed by atoms with Crippen molar-refractivity contribution >= 4 is 23.2 Å². The number of aryl methyl sites for hydroxylation is 2. The molecule has 0 spiro atoms. The van der Waals surface area contributed by atoms with E-state index in [0.717, 1.165) is 29.9 Å². The number of nitrogens with one attached hydrogen (secondary N) is 1. The molecule has 154 valence electrons. The molecule has 4 rings (SSSR count). The smallest absolute Gasteiger partial charge is 0.259 e. The predicted molar refractivity (Wildman–Crippen MR) is 118 cm³/mol. The predicted octanol–water partition coefficient (Wildman–Crippen LogP) is 4.24. The largest absolute Gasteiger partial charge is 0.322 e. The van der Waals surface area contributed by atoms with Crippen LogP contribution >= 0.6 is 0 Å². The fraction of sp³-hybridized carbons (Fsp3) is 0.292. The van der Waals surface area contributed by atoms with Crippen molar-refractivity contribution in [1.82, 2.24) is 9.78 Å². The first kappa shape index (κ1) is 19.9.